The maximum atomic E-state index is 13.6. The Kier molecular flexibility index (Phi) is 6.05. The van der Waals surface area contributed by atoms with Gasteiger partial charge in [0.2, 0.25) is 11.5 Å². The third-order valence-electron chi connectivity index (χ3n) is 5.51. The minimum atomic E-state index is -0.350. The molecule has 176 valence electrons. The topological polar surface area (TPSA) is 86.4 Å². The van der Waals surface area contributed by atoms with Crippen LogP contribution in [0.25, 0.3) is 27.8 Å². The number of nitrogens with one attached hydrogen (secondary N) is 1. The predicted molar refractivity (Wildman–Crippen MR) is 139 cm³/mol. The number of carbonyl (C=O) groups is 1. The van der Waals surface area contributed by atoms with E-state index < -0.39 is 0 Å². The van der Waals surface area contributed by atoms with Gasteiger partial charge in [0, 0.05) is 17.1 Å². The van der Waals surface area contributed by atoms with Crippen LogP contribution in [0.1, 0.15) is 11.1 Å². The molecular weight excluding hydrogens is 462 g/mol. The molecule has 0 bridgehead atoms. The fourth-order valence-corrected chi connectivity index (χ4v) is 4.88. The summed E-state index contributed by atoms with van der Waals surface area (Å²) in [7, 11) is 1.57. The molecule has 0 radical (unpaired) electrons. The summed E-state index contributed by atoms with van der Waals surface area (Å²) in [6.45, 7) is 3.97. The van der Waals surface area contributed by atoms with Crippen LogP contribution in [-0.2, 0) is 4.79 Å². The van der Waals surface area contributed by atoms with Crippen LogP contribution < -0.4 is 15.6 Å². The molecule has 1 amide bonds. The second-order valence-electron chi connectivity index (χ2n) is 8.23. The molecule has 35 heavy (non-hydrogen) atoms. The first kappa shape index (κ1) is 22.7. The fraction of sp³-hybridized carbons (Fsp3) is 0.148. The number of methoxy groups -OCH3 is 1. The van der Waals surface area contributed by atoms with Crippen molar-refractivity contribution in [3.63, 3.8) is 0 Å². The lowest BCUT2D eigenvalue weighted by atomic mass is 10.1. The molecule has 0 aliphatic heterocycles. The average molecular weight is 486 g/mol. The number of fused-ring (bicyclic) bond motifs is 3. The molecule has 2 aromatic heterocycles. The van der Waals surface area contributed by atoms with Gasteiger partial charge in [0.1, 0.15) is 16.8 Å². The van der Waals surface area contributed by atoms with Crippen molar-refractivity contribution in [2.45, 2.75) is 19.0 Å². The number of aromatic nitrogens is 2. The van der Waals surface area contributed by atoms with Crippen LogP contribution in [0.15, 0.2) is 81.1 Å². The Morgan fingerprint density at radius 1 is 1.06 bits per heavy atom. The van der Waals surface area contributed by atoms with Gasteiger partial charge in [0.05, 0.1) is 18.6 Å². The molecule has 5 rings (SSSR count). The summed E-state index contributed by atoms with van der Waals surface area (Å²) < 4.78 is 12.7. The van der Waals surface area contributed by atoms with E-state index in [4.69, 9.17) is 14.1 Å². The predicted octanol–water partition coefficient (Wildman–Crippen LogP) is 5.49. The zero-order valence-corrected chi connectivity index (χ0v) is 20.3. The Balaban J connectivity index is 1.56. The number of ether oxygens (including phenoxy) is 1. The molecule has 2 heterocycles. The molecule has 0 saturated carbocycles. The van der Waals surface area contributed by atoms with Crippen molar-refractivity contribution in [2.75, 3.05) is 18.2 Å². The third-order valence-corrected chi connectivity index (χ3v) is 6.45. The number of anilines is 1. The molecule has 0 saturated heterocycles. The summed E-state index contributed by atoms with van der Waals surface area (Å²) in [6, 6.07) is 20.4. The summed E-state index contributed by atoms with van der Waals surface area (Å²) in [5.41, 5.74) is 4.32. The first-order valence-corrected chi connectivity index (χ1v) is 12.0. The van der Waals surface area contributed by atoms with E-state index >= 15 is 0 Å². The maximum Gasteiger partial charge on any atom is 0.302 e. The monoisotopic (exact) mass is 485 g/mol. The van der Waals surface area contributed by atoms with Crippen LogP contribution in [0.3, 0.4) is 0 Å². The van der Waals surface area contributed by atoms with E-state index in [9.17, 15) is 9.59 Å². The van der Waals surface area contributed by atoms with Crippen LogP contribution >= 0.6 is 11.8 Å². The SMILES string of the molecule is COc1cccc(-n2c(SCC(=O)Nc3cc(C)cc(C)c3)nc3c(oc4ccccc43)c2=O)c1. The van der Waals surface area contributed by atoms with Crippen LogP contribution in [-0.4, -0.2) is 28.3 Å². The van der Waals surface area contributed by atoms with E-state index in [0.29, 0.717) is 27.7 Å². The average Bonchev–Trinajstić information content (AvgIpc) is 3.21. The lowest BCUT2D eigenvalue weighted by Gasteiger charge is -2.13. The molecule has 0 spiro atoms. The van der Waals surface area contributed by atoms with Crippen LogP contribution in [0.2, 0.25) is 0 Å². The number of thioether (sulfide) groups is 1. The molecule has 0 aliphatic carbocycles. The molecule has 0 aliphatic rings. The smallest absolute Gasteiger partial charge is 0.302 e. The number of benzene rings is 3. The van der Waals surface area contributed by atoms with Crippen molar-refractivity contribution in [1.82, 2.24) is 9.55 Å². The van der Waals surface area contributed by atoms with E-state index in [-0.39, 0.29) is 22.8 Å². The van der Waals surface area contributed by atoms with Gasteiger partial charge >= 0.3 is 5.56 Å². The van der Waals surface area contributed by atoms with E-state index in [1.807, 2.05) is 50.2 Å². The van der Waals surface area contributed by atoms with E-state index in [0.717, 1.165) is 22.2 Å². The Morgan fingerprint density at radius 3 is 2.60 bits per heavy atom. The van der Waals surface area contributed by atoms with E-state index in [1.54, 1.807) is 37.4 Å². The Labute approximate surface area is 205 Å². The number of carbonyl (C=O) groups excluding carboxylic acids is 1. The number of rotatable bonds is 6. The van der Waals surface area contributed by atoms with Gasteiger partial charge in [-0.05, 0) is 61.4 Å². The van der Waals surface area contributed by atoms with Crippen molar-refractivity contribution < 1.29 is 13.9 Å². The van der Waals surface area contributed by atoms with Gasteiger partial charge in [-0.1, -0.05) is 36.0 Å². The normalized spacial score (nSPS) is 11.2. The minimum Gasteiger partial charge on any atom is -0.497 e. The molecule has 1 N–H and O–H groups in total. The van der Waals surface area contributed by atoms with Crippen LogP contribution in [0, 0.1) is 13.8 Å². The Morgan fingerprint density at radius 2 is 1.83 bits per heavy atom. The maximum absolute atomic E-state index is 13.6. The van der Waals surface area contributed by atoms with Crippen molar-refractivity contribution in [3.05, 3.63) is 88.2 Å². The van der Waals surface area contributed by atoms with Crippen molar-refractivity contribution in [3.8, 4) is 11.4 Å². The molecule has 0 unspecified atom stereocenters. The summed E-state index contributed by atoms with van der Waals surface area (Å²) in [5.74, 6) is 0.483. The summed E-state index contributed by atoms with van der Waals surface area (Å²) in [4.78, 5) is 31.2. The van der Waals surface area contributed by atoms with Crippen LogP contribution in [0.5, 0.6) is 5.75 Å². The standard InChI is InChI=1S/C27H23N3O4S/c1-16-11-17(2)13-18(12-16)28-23(31)15-35-27-29-24-21-9-4-5-10-22(21)34-25(24)26(32)30(27)19-7-6-8-20(14-19)33-3/h4-14H,15H2,1-3H3,(H,28,31). The molecule has 7 nitrogen and oxygen atoms in total. The van der Waals surface area contributed by atoms with Crippen molar-refractivity contribution >= 4 is 45.4 Å². The van der Waals surface area contributed by atoms with Gasteiger partial charge in [0.15, 0.2) is 5.16 Å². The molecule has 0 fully saturated rings. The number of para-hydroxylation sites is 1. The summed E-state index contributed by atoms with van der Waals surface area (Å²) in [6.07, 6.45) is 0. The first-order valence-electron chi connectivity index (χ1n) is 11.0. The van der Waals surface area contributed by atoms with E-state index in [1.165, 1.54) is 16.3 Å². The zero-order chi connectivity index (χ0) is 24.5. The highest BCUT2D eigenvalue weighted by Gasteiger charge is 2.20. The summed E-state index contributed by atoms with van der Waals surface area (Å²) in [5, 5.41) is 4.07. The Bertz CT molecular complexity index is 1620. The highest BCUT2D eigenvalue weighted by molar-refractivity contribution is 7.99. The van der Waals surface area contributed by atoms with Gasteiger partial charge in [-0.25, -0.2) is 4.98 Å². The molecule has 5 aromatic rings. The Hall–Kier alpha value is -4.04. The van der Waals surface area contributed by atoms with Crippen molar-refractivity contribution in [2.24, 2.45) is 0 Å². The second kappa shape index (κ2) is 9.31. The lowest BCUT2D eigenvalue weighted by Crippen LogP contribution is -2.22. The molecule has 3 aromatic carbocycles. The van der Waals surface area contributed by atoms with Gasteiger partial charge in [-0.2, -0.15) is 0 Å². The number of aryl methyl sites for hydroxylation is 2. The third kappa shape index (κ3) is 4.52. The second-order valence-corrected chi connectivity index (χ2v) is 9.17. The number of furan rings is 1. The van der Waals surface area contributed by atoms with Gasteiger partial charge in [0.25, 0.3) is 0 Å². The number of nitrogens with zero attached hydrogens (tertiary/aromatic N) is 2. The van der Waals surface area contributed by atoms with Gasteiger partial charge in [-0.3, -0.25) is 14.2 Å². The quantitative estimate of drug-likeness (QED) is 0.253. The molecule has 8 heteroatoms. The minimum absolute atomic E-state index is 0.0741. The summed E-state index contributed by atoms with van der Waals surface area (Å²) >= 11 is 1.19. The first-order chi connectivity index (χ1) is 16.9. The number of amides is 1. The fourth-order valence-electron chi connectivity index (χ4n) is 4.07. The van der Waals surface area contributed by atoms with Crippen molar-refractivity contribution in [1.29, 1.82) is 0 Å². The highest BCUT2D eigenvalue weighted by Crippen LogP contribution is 2.29. The molecule has 0 atom stereocenters. The number of hydrogen-bond donors (Lipinski definition) is 1. The molecular formula is C27H23N3O4S. The van der Waals surface area contributed by atoms with Gasteiger partial charge < -0.3 is 14.5 Å². The lowest BCUT2D eigenvalue weighted by molar-refractivity contribution is -0.113. The zero-order valence-electron chi connectivity index (χ0n) is 19.5. The number of hydrogen-bond acceptors (Lipinski definition) is 6. The van der Waals surface area contributed by atoms with Gasteiger partial charge in [-0.15, -0.1) is 0 Å². The largest absolute Gasteiger partial charge is 0.497 e. The van der Waals surface area contributed by atoms with Crippen LogP contribution in [0.4, 0.5) is 5.69 Å². The van der Waals surface area contributed by atoms with E-state index in [2.05, 4.69) is 5.32 Å². The highest BCUT2D eigenvalue weighted by atomic mass is 32.2.